The van der Waals surface area contributed by atoms with E-state index in [1.165, 1.54) is 16.7 Å². The van der Waals surface area contributed by atoms with Gasteiger partial charge in [-0.3, -0.25) is 0 Å². The highest BCUT2D eigenvalue weighted by Crippen LogP contribution is 2.42. The van der Waals surface area contributed by atoms with Crippen LogP contribution in [0.25, 0.3) is 28.2 Å². The normalized spacial score (nSPS) is 14.5. The number of hydrogen-bond acceptors (Lipinski definition) is 3. The summed E-state index contributed by atoms with van der Waals surface area (Å²) in [5, 5.41) is 13.7. The Labute approximate surface area is 193 Å². The first kappa shape index (κ1) is 19.6. The Morgan fingerprint density at radius 2 is 1.61 bits per heavy atom. The summed E-state index contributed by atoms with van der Waals surface area (Å²) in [6, 6.07) is 27.4. The monoisotopic (exact) mass is 431 g/mol. The first-order valence-electron chi connectivity index (χ1n) is 11.2. The van der Waals surface area contributed by atoms with E-state index >= 15 is 0 Å². The van der Waals surface area contributed by atoms with Gasteiger partial charge in [0.25, 0.3) is 0 Å². The number of para-hydroxylation sites is 2. The van der Waals surface area contributed by atoms with E-state index in [9.17, 15) is 0 Å². The molecule has 1 unspecified atom stereocenters. The van der Waals surface area contributed by atoms with Crippen LogP contribution >= 0.6 is 0 Å². The molecule has 0 saturated carbocycles. The maximum Gasteiger partial charge on any atom is 0.151 e. The number of fused-ring (bicyclic) bond motifs is 3. The molecule has 6 rings (SSSR count). The van der Waals surface area contributed by atoms with Crippen LogP contribution in [0, 0.1) is 20.8 Å². The minimum Gasteiger partial charge on any atom is -0.359 e. The van der Waals surface area contributed by atoms with Gasteiger partial charge in [-0.05, 0) is 44.5 Å². The van der Waals surface area contributed by atoms with Crippen molar-refractivity contribution in [1.82, 2.24) is 19.6 Å². The quantitative estimate of drug-likeness (QED) is 0.365. The van der Waals surface area contributed by atoms with Gasteiger partial charge in [0, 0.05) is 28.6 Å². The predicted octanol–water partition coefficient (Wildman–Crippen LogP) is 6.30. The van der Waals surface area contributed by atoms with Crippen LogP contribution in [0.1, 0.15) is 28.6 Å². The Hall–Kier alpha value is -4.12. The zero-order valence-corrected chi connectivity index (χ0v) is 18.9. The van der Waals surface area contributed by atoms with Crippen molar-refractivity contribution in [2.45, 2.75) is 26.9 Å². The smallest absolute Gasteiger partial charge is 0.151 e. The van der Waals surface area contributed by atoms with Crippen molar-refractivity contribution < 1.29 is 0 Å². The van der Waals surface area contributed by atoms with Crippen LogP contribution in [-0.4, -0.2) is 19.6 Å². The average molecular weight is 432 g/mol. The second-order valence-electron chi connectivity index (χ2n) is 8.74. The summed E-state index contributed by atoms with van der Waals surface area (Å²) >= 11 is 0. The Bertz CT molecular complexity index is 1460. The molecule has 0 saturated heterocycles. The van der Waals surface area contributed by atoms with Crippen molar-refractivity contribution in [3.63, 3.8) is 0 Å². The van der Waals surface area contributed by atoms with Crippen molar-refractivity contribution in [3.8, 4) is 28.2 Å². The molecule has 5 nitrogen and oxygen atoms in total. The number of benzene rings is 3. The van der Waals surface area contributed by atoms with Gasteiger partial charge in [0.05, 0.1) is 22.8 Å². The largest absolute Gasteiger partial charge is 0.359 e. The van der Waals surface area contributed by atoms with Gasteiger partial charge >= 0.3 is 0 Å². The predicted molar refractivity (Wildman–Crippen MR) is 133 cm³/mol. The summed E-state index contributed by atoms with van der Waals surface area (Å²) in [7, 11) is 0. The first-order valence-corrected chi connectivity index (χ1v) is 11.2. The molecule has 3 heterocycles. The van der Waals surface area contributed by atoms with Crippen LogP contribution in [0.15, 0.2) is 85.1 Å². The third-order valence-corrected chi connectivity index (χ3v) is 6.32. The summed E-state index contributed by atoms with van der Waals surface area (Å²) in [5.41, 5.74) is 11.1. The molecule has 1 atom stereocenters. The van der Waals surface area contributed by atoms with Crippen molar-refractivity contribution >= 4 is 5.69 Å². The fourth-order valence-electron chi connectivity index (χ4n) is 4.63. The molecule has 1 aliphatic rings. The van der Waals surface area contributed by atoms with Crippen LogP contribution in [-0.2, 0) is 0 Å². The summed E-state index contributed by atoms with van der Waals surface area (Å²) < 4.78 is 4.07. The second kappa shape index (κ2) is 7.48. The standard InChI is InChI=1S/C28H25N5/c1-18-12-14-21(15-13-18)27-24(17-32(31-27)22-9-5-4-6-10-22)28-29-26-19(2)8-7-11-23(26)25-16-20(3)30-33(25)28/h4-17,28-29H,1-3H3. The van der Waals surface area contributed by atoms with Crippen LogP contribution in [0.4, 0.5) is 5.69 Å². The minimum absolute atomic E-state index is 0.170. The third kappa shape index (κ3) is 3.24. The molecule has 0 spiro atoms. The summed E-state index contributed by atoms with van der Waals surface area (Å²) in [4.78, 5) is 0. The number of aryl methyl sites for hydroxylation is 3. The SMILES string of the molecule is Cc1ccc(-c2nn(-c3ccccc3)cc2C2Nc3c(C)cccc3-c3cc(C)nn32)cc1. The Morgan fingerprint density at radius 1 is 0.818 bits per heavy atom. The van der Waals surface area contributed by atoms with E-state index in [0.717, 1.165) is 39.6 Å². The van der Waals surface area contributed by atoms with E-state index in [0.29, 0.717) is 0 Å². The molecule has 0 fully saturated rings. The molecule has 5 heteroatoms. The molecule has 33 heavy (non-hydrogen) atoms. The second-order valence-corrected chi connectivity index (χ2v) is 8.74. The number of hydrogen-bond donors (Lipinski definition) is 1. The highest BCUT2D eigenvalue weighted by Gasteiger charge is 2.31. The van der Waals surface area contributed by atoms with Gasteiger partial charge in [0.15, 0.2) is 6.17 Å². The van der Waals surface area contributed by atoms with E-state index in [-0.39, 0.29) is 6.17 Å². The number of nitrogens with one attached hydrogen (secondary N) is 1. The number of nitrogens with zero attached hydrogens (tertiary/aromatic N) is 4. The Morgan fingerprint density at radius 3 is 2.39 bits per heavy atom. The van der Waals surface area contributed by atoms with Gasteiger partial charge in [0.2, 0.25) is 0 Å². The lowest BCUT2D eigenvalue weighted by Gasteiger charge is -2.30. The molecule has 0 amide bonds. The van der Waals surface area contributed by atoms with E-state index in [2.05, 4.69) is 90.7 Å². The lowest BCUT2D eigenvalue weighted by molar-refractivity contribution is 0.571. The van der Waals surface area contributed by atoms with Crippen molar-refractivity contribution in [1.29, 1.82) is 0 Å². The van der Waals surface area contributed by atoms with E-state index in [1.54, 1.807) is 0 Å². The Kier molecular flexibility index (Phi) is 4.44. The van der Waals surface area contributed by atoms with Gasteiger partial charge < -0.3 is 5.32 Å². The lowest BCUT2D eigenvalue weighted by atomic mass is 9.99. The van der Waals surface area contributed by atoms with Crippen molar-refractivity contribution in [3.05, 3.63) is 107 Å². The molecular weight excluding hydrogens is 406 g/mol. The molecule has 3 aromatic carbocycles. The van der Waals surface area contributed by atoms with Crippen LogP contribution in [0.2, 0.25) is 0 Å². The van der Waals surface area contributed by atoms with Crippen molar-refractivity contribution in [2.75, 3.05) is 5.32 Å². The van der Waals surface area contributed by atoms with Crippen LogP contribution in [0.5, 0.6) is 0 Å². The lowest BCUT2D eigenvalue weighted by Crippen LogP contribution is -2.26. The molecule has 162 valence electrons. The summed E-state index contributed by atoms with van der Waals surface area (Å²) in [5.74, 6) is 0. The van der Waals surface area contributed by atoms with Gasteiger partial charge in [0.1, 0.15) is 0 Å². The maximum absolute atomic E-state index is 5.05. The highest BCUT2D eigenvalue weighted by atomic mass is 15.4. The van der Waals surface area contributed by atoms with Gasteiger partial charge in [-0.15, -0.1) is 0 Å². The zero-order valence-electron chi connectivity index (χ0n) is 18.9. The molecular formula is C28H25N5. The third-order valence-electron chi connectivity index (χ3n) is 6.32. The van der Waals surface area contributed by atoms with E-state index in [1.807, 2.05) is 29.8 Å². The number of anilines is 1. The fourth-order valence-corrected chi connectivity index (χ4v) is 4.63. The molecule has 0 bridgehead atoms. The molecule has 0 aliphatic carbocycles. The molecule has 5 aromatic rings. The number of aromatic nitrogens is 4. The van der Waals surface area contributed by atoms with Gasteiger partial charge in [-0.2, -0.15) is 10.2 Å². The van der Waals surface area contributed by atoms with Crippen LogP contribution < -0.4 is 5.32 Å². The highest BCUT2D eigenvalue weighted by molar-refractivity contribution is 5.81. The first-order chi connectivity index (χ1) is 16.1. The minimum atomic E-state index is -0.170. The van der Waals surface area contributed by atoms with Gasteiger partial charge in [-0.25, -0.2) is 9.36 Å². The molecule has 2 aromatic heterocycles. The Balaban J connectivity index is 1.58. The fraction of sp³-hybridized carbons (Fsp3) is 0.143. The number of rotatable bonds is 3. The topological polar surface area (TPSA) is 47.7 Å². The van der Waals surface area contributed by atoms with Crippen molar-refractivity contribution in [2.24, 2.45) is 0 Å². The average Bonchev–Trinajstić information content (AvgIpc) is 3.44. The molecule has 1 N–H and O–H groups in total. The van der Waals surface area contributed by atoms with E-state index in [4.69, 9.17) is 10.2 Å². The summed E-state index contributed by atoms with van der Waals surface area (Å²) in [6.07, 6.45) is 1.96. The molecule has 1 aliphatic heterocycles. The zero-order chi connectivity index (χ0) is 22.5. The van der Waals surface area contributed by atoms with Crippen LogP contribution in [0.3, 0.4) is 0 Å². The maximum atomic E-state index is 5.05. The van der Waals surface area contributed by atoms with Gasteiger partial charge in [-0.1, -0.05) is 66.2 Å². The molecule has 0 radical (unpaired) electrons. The van der Waals surface area contributed by atoms with E-state index < -0.39 is 0 Å². The summed E-state index contributed by atoms with van der Waals surface area (Å²) in [6.45, 7) is 6.30.